The van der Waals surface area contributed by atoms with E-state index in [1.54, 1.807) is 41.8 Å². The predicted octanol–water partition coefficient (Wildman–Crippen LogP) is 3.14. The fourth-order valence-electron chi connectivity index (χ4n) is 4.36. The van der Waals surface area contributed by atoms with Gasteiger partial charge in [-0.25, -0.2) is 4.79 Å². The molecule has 0 radical (unpaired) electrons. The molecule has 1 fully saturated rings. The van der Waals surface area contributed by atoms with Gasteiger partial charge in [0.25, 0.3) is 5.91 Å². The van der Waals surface area contributed by atoms with E-state index in [9.17, 15) is 14.4 Å². The molecule has 3 aliphatic rings. The van der Waals surface area contributed by atoms with Crippen LogP contribution in [0.5, 0.6) is 11.5 Å². The number of urea groups is 1. The Morgan fingerprint density at radius 2 is 1.91 bits per heavy atom. The number of ether oxygens (including phenoxy) is 2. The first kappa shape index (κ1) is 21.6. The third kappa shape index (κ3) is 3.80. The number of para-hydroxylation sites is 1. The largest absolute Gasteiger partial charge is 0.486 e. The van der Waals surface area contributed by atoms with E-state index in [0.29, 0.717) is 42.1 Å². The maximum Gasteiger partial charge on any atom is 0.325 e. The predicted molar refractivity (Wildman–Crippen MR) is 124 cm³/mol. The highest BCUT2D eigenvalue weighted by atomic mass is 32.2. The molecule has 0 spiro atoms. The molecule has 172 valence electrons. The van der Waals surface area contributed by atoms with Crippen LogP contribution in [0.4, 0.5) is 10.5 Å². The van der Waals surface area contributed by atoms with Crippen LogP contribution in [0.15, 0.2) is 47.4 Å². The van der Waals surface area contributed by atoms with Gasteiger partial charge in [-0.05, 0) is 43.2 Å². The normalized spacial score (nSPS) is 24.2. The summed E-state index contributed by atoms with van der Waals surface area (Å²) in [6.07, 6.45) is 0.820. The minimum Gasteiger partial charge on any atom is -0.486 e. The molecule has 0 unspecified atom stereocenters. The van der Waals surface area contributed by atoms with Crippen LogP contribution in [0.1, 0.15) is 25.8 Å². The third-order valence-corrected chi connectivity index (χ3v) is 7.47. The highest BCUT2D eigenvalue weighted by molar-refractivity contribution is 8.00. The van der Waals surface area contributed by atoms with Gasteiger partial charge in [0.2, 0.25) is 5.91 Å². The molecule has 1 saturated heterocycles. The van der Waals surface area contributed by atoms with Crippen molar-refractivity contribution in [2.24, 2.45) is 0 Å². The summed E-state index contributed by atoms with van der Waals surface area (Å²) in [5, 5.41) is 3.13. The number of nitrogens with one attached hydrogen (secondary N) is 1. The molecule has 0 bridgehead atoms. The average Bonchev–Trinajstić information content (AvgIpc) is 2.94. The number of thioether (sulfide) groups is 1. The van der Waals surface area contributed by atoms with E-state index in [2.05, 4.69) is 12.2 Å². The second kappa shape index (κ2) is 8.30. The number of hydrogen-bond donors (Lipinski definition) is 1. The molecule has 1 N–H and O–H groups in total. The standard InChI is InChI=1S/C24H25N3O5S/c1-15-9-10-26(17-5-3-4-6-20(17)33-15)21(28)14-27-22(29)24(2,25-23(27)30)16-7-8-18-19(13-16)32-12-11-31-18/h3-8,13,15H,9-12,14H2,1-2H3,(H,25,30)/t15-,24-/m0/s1. The topological polar surface area (TPSA) is 88.2 Å². The van der Waals surface area contributed by atoms with Gasteiger partial charge < -0.3 is 19.7 Å². The molecule has 2 atom stereocenters. The van der Waals surface area contributed by atoms with Crippen LogP contribution in [-0.2, 0) is 15.1 Å². The van der Waals surface area contributed by atoms with E-state index < -0.39 is 17.5 Å². The smallest absolute Gasteiger partial charge is 0.325 e. The highest BCUT2D eigenvalue weighted by Gasteiger charge is 2.50. The molecule has 5 rings (SSSR count). The molecule has 0 aromatic heterocycles. The summed E-state index contributed by atoms with van der Waals surface area (Å²) in [7, 11) is 0. The van der Waals surface area contributed by atoms with E-state index in [-0.39, 0.29) is 12.5 Å². The van der Waals surface area contributed by atoms with E-state index in [1.807, 2.05) is 24.3 Å². The van der Waals surface area contributed by atoms with Gasteiger partial charge in [0.15, 0.2) is 11.5 Å². The van der Waals surface area contributed by atoms with Crippen LogP contribution in [0.3, 0.4) is 0 Å². The molecule has 9 heteroatoms. The molecule has 33 heavy (non-hydrogen) atoms. The number of carbonyl (C=O) groups is 3. The lowest BCUT2D eigenvalue weighted by Gasteiger charge is -2.26. The molecule has 2 aromatic rings. The van der Waals surface area contributed by atoms with Gasteiger partial charge in [-0.2, -0.15) is 0 Å². The van der Waals surface area contributed by atoms with Crippen LogP contribution >= 0.6 is 11.8 Å². The first-order valence-electron chi connectivity index (χ1n) is 11.0. The van der Waals surface area contributed by atoms with Gasteiger partial charge >= 0.3 is 6.03 Å². The molecular weight excluding hydrogens is 442 g/mol. The van der Waals surface area contributed by atoms with Crippen molar-refractivity contribution in [2.75, 3.05) is 31.2 Å². The number of anilines is 1. The van der Waals surface area contributed by atoms with Crippen molar-refractivity contribution in [3.63, 3.8) is 0 Å². The number of fused-ring (bicyclic) bond motifs is 2. The van der Waals surface area contributed by atoms with Gasteiger partial charge in [-0.15, -0.1) is 11.8 Å². The van der Waals surface area contributed by atoms with Crippen LogP contribution in [0, 0.1) is 0 Å². The molecule has 0 aliphatic carbocycles. The zero-order valence-electron chi connectivity index (χ0n) is 18.5. The number of carbonyl (C=O) groups excluding carboxylic acids is 3. The van der Waals surface area contributed by atoms with Crippen molar-refractivity contribution >= 4 is 35.3 Å². The number of imide groups is 1. The minimum absolute atomic E-state index is 0.285. The van der Waals surface area contributed by atoms with Crippen molar-refractivity contribution in [2.45, 2.75) is 36.0 Å². The molecule has 4 amide bonds. The molecule has 3 heterocycles. The summed E-state index contributed by atoms with van der Waals surface area (Å²) >= 11 is 1.73. The second-order valence-electron chi connectivity index (χ2n) is 8.54. The summed E-state index contributed by atoms with van der Waals surface area (Å²) < 4.78 is 11.2. The minimum atomic E-state index is -1.30. The maximum atomic E-state index is 13.4. The number of benzene rings is 2. The molecule has 3 aliphatic heterocycles. The SMILES string of the molecule is C[C@H]1CCN(C(=O)CN2C(=O)N[C@@](C)(c3ccc4c(c3)OCCO4)C2=O)c2ccccc2S1. The Labute approximate surface area is 196 Å². The molecule has 0 saturated carbocycles. The molecular formula is C24H25N3O5S. The lowest BCUT2D eigenvalue weighted by Crippen LogP contribution is -2.45. The second-order valence-corrected chi connectivity index (χ2v) is 10.0. The Morgan fingerprint density at radius 3 is 2.73 bits per heavy atom. The van der Waals surface area contributed by atoms with Crippen LogP contribution < -0.4 is 19.7 Å². The number of amides is 4. The van der Waals surface area contributed by atoms with Crippen LogP contribution in [0.25, 0.3) is 0 Å². The fourth-order valence-corrected chi connectivity index (χ4v) is 5.47. The summed E-state index contributed by atoms with van der Waals surface area (Å²) in [5.41, 5.74) is 0.0951. The number of nitrogens with zero attached hydrogens (tertiary/aromatic N) is 2. The van der Waals surface area contributed by atoms with Gasteiger partial charge in [0.1, 0.15) is 25.3 Å². The van der Waals surface area contributed by atoms with Crippen LogP contribution in [0.2, 0.25) is 0 Å². The van der Waals surface area contributed by atoms with Crippen LogP contribution in [-0.4, -0.2) is 54.3 Å². The molecule has 2 aromatic carbocycles. The lowest BCUT2D eigenvalue weighted by atomic mass is 9.91. The summed E-state index contributed by atoms with van der Waals surface area (Å²) in [6.45, 7) is 4.87. The third-order valence-electron chi connectivity index (χ3n) is 6.23. The first-order chi connectivity index (χ1) is 15.9. The number of hydrogen-bond acceptors (Lipinski definition) is 6. The van der Waals surface area contributed by atoms with Crippen molar-refractivity contribution < 1.29 is 23.9 Å². The van der Waals surface area contributed by atoms with Gasteiger partial charge in [-0.3, -0.25) is 14.5 Å². The Hall–Kier alpha value is -3.20. The van der Waals surface area contributed by atoms with Gasteiger partial charge in [0, 0.05) is 16.7 Å². The Morgan fingerprint density at radius 1 is 1.15 bits per heavy atom. The Balaban J connectivity index is 1.38. The quantitative estimate of drug-likeness (QED) is 0.698. The number of rotatable bonds is 3. The Bertz CT molecular complexity index is 1140. The fraction of sp³-hybridized carbons (Fsp3) is 0.375. The highest BCUT2D eigenvalue weighted by Crippen LogP contribution is 2.39. The monoisotopic (exact) mass is 467 g/mol. The maximum absolute atomic E-state index is 13.4. The van der Waals surface area contributed by atoms with E-state index in [0.717, 1.165) is 21.9 Å². The zero-order chi connectivity index (χ0) is 23.2. The van der Waals surface area contributed by atoms with E-state index >= 15 is 0 Å². The summed E-state index contributed by atoms with van der Waals surface area (Å²) in [6, 6.07) is 12.3. The van der Waals surface area contributed by atoms with Gasteiger partial charge in [-0.1, -0.05) is 25.1 Å². The zero-order valence-corrected chi connectivity index (χ0v) is 19.3. The lowest BCUT2D eigenvalue weighted by molar-refractivity contribution is -0.134. The first-order valence-corrected chi connectivity index (χ1v) is 11.8. The van der Waals surface area contributed by atoms with Crippen molar-refractivity contribution in [3.8, 4) is 11.5 Å². The van der Waals surface area contributed by atoms with Gasteiger partial charge in [0.05, 0.1) is 5.69 Å². The van der Waals surface area contributed by atoms with E-state index in [1.165, 1.54) is 0 Å². The summed E-state index contributed by atoms with van der Waals surface area (Å²) in [5.74, 6) is 0.379. The Kier molecular flexibility index (Phi) is 5.44. The van der Waals surface area contributed by atoms with Crippen molar-refractivity contribution in [1.29, 1.82) is 0 Å². The van der Waals surface area contributed by atoms with E-state index in [4.69, 9.17) is 9.47 Å². The average molecular weight is 468 g/mol. The molecule has 8 nitrogen and oxygen atoms in total. The summed E-state index contributed by atoms with van der Waals surface area (Å²) in [4.78, 5) is 43.2. The van der Waals surface area contributed by atoms with Crippen molar-refractivity contribution in [3.05, 3.63) is 48.0 Å². The van der Waals surface area contributed by atoms with Crippen molar-refractivity contribution in [1.82, 2.24) is 10.2 Å².